The SMILES string of the molecule is COC(=O)c1ccc(C(=O)ON2C(=O)c3ccccc3C2=O)cc1F. The number of imide groups is 1. The van der Waals surface area contributed by atoms with Crippen molar-refractivity contribution in [3.8, 4) is 0 Å². The maximum atomic E-state index is 13.9. The number of hydroxylamine groups is 2. The molecule has 0 saturated carbocycles. The largest absolute Gasteiger partial charge is 0.465 e. The number of nitrogens with zero attached hydrogens (tertiary/aromatic N) is 1. The minimum atomic E-state index is -1.12. The molecule has 0 bridgehead atoms. The van der Waals surface area contributed by atoms with Crippen LogP contribution in [-0.4, -0.2) is 35.9 Å². The Morgan fingerprint density at radius 2 is 1.56 bits per heavy atom. The molecule has 1 aliphatic heterocycles. The number of benzene rings is 2. The summed E-state index contributed by atoms with van der Waals surface area (Å²) in [5.74, 6) is -4.60. The molecule has 0 radical (unpaired) electrons. The van der Waals surface area contributed by atoms with Gasteiger partial charge in [0, 0.05) is 0 Å². The Hall–Kier alpha value is -3.55. The summed E-state index contributed by atoms with van der Waals surface area (Å²) in [4.78, 5) is 52.5. The van der Waals surface area contributed by atoms with Gasteiger partial charge in [-0.05, 0) is 30.3 Å². The molecular weight excluding hydrogens is 333 g/mol. The summed E-state index contributed by atoms with van der Waals surface area (Å²) in [7, 11) is 1.09. The molecule has 3 rings (SSSR count). The van der Waals surface area contributed by atoms with Gasteiger partial charge in [-0.3, -0.25) is 9.59 Å². The molecule has 0 aliphatic carbocycles. The number of methoxy groups -OCH3 is 1. The van der Waals surface area contributed by atoms with Gasteiger partial charge in [-0.25, -0.2) is 14.0 Å². The summed E-state index contributed by atoms with van der Waals surface area (Å²) < 4.78 is 18.3. The highest BCUT2D eigenvalue weighted by Crippen LogP contribution is 2.23. The summed E-state index contributed by atoms with van der Waals surface area (Å²) in [6.45, 7) is 0. The van der Waals surface area contributed by atoms with Crippen molar-refractivity contribution < 1.29 is 33.1 Å². The fourth-order valence-electron chi connectivity index (χ4n) is 2.30. The van der Waals surface area contributed by atoms with Crippen molar-refractivity contribution >= 4 is 23.8 Å². The van der Waals surface area contributed by atoms with Crippen molar-refractivity contribution in [1.82, 2.24) is 5.06 Å². The van der Waals surface area contributed by atoms with Gasteiger partial charge in [0.1, 0.15) is 5.82 Å². The highest BCUT2D eigenvalue weighted by atomic mass is 19.1. The number of carbonyl (C=O) groups excluding carboxylic acids is 4. The molecule has 2 aromatic carbocycles. The highest BCUT2D eigenvalue weighted by Gasteiger charge is 2.38. The number of carbonyl (C=O) groups is 4. The van der Waals surface area contributed by atoms with Crippen molar-refractivity contribution in [1.29, 1.82) is 0 Å². The topological polar surface area (TPSA) is 90.0 Å². The highest BCUT2D eigenvalue weighted by molar-refractivity contribution is 6.21. The average Bonchev–Trinajstić information content (AvgIpc) is 2.86. The molecule has 1 heterocycles. The van der Waals surface area contributed by atoms with E-state index in [1.807, 2.05) is 0 Å². The van der Waals surface area contributed by atoms with Gasteiger partial charge >= 0.3 is 11.9 Å². The number of amides is 2. The van der Waals surface area contributed by atoms with Gasteiger partial charge in [-0.15, -0.1) is 0 Å². The number of halogens is 1. The molecule has 25 heavy (non-hydrogen) atoms. The minimum Gasteiger partial charge on any atom is -0.465 e. The van der Waals surface area contributed by atoms with Gasteiger partial charge in [0.2, 0.25) is 0 Å². The van der Waals surface area contributed by atoms with Crippen LogP contribution in [0.2, 0.25) is 0 Å². The van der Waals surface area contributed by atoms with Crippen LogP contribution < -0.4 is 0 Å². The third kappa shape index (κ3) is 2.74. The summed E-state index contributed by atoms with van der Waals surface area (Å²) in [6.07, 6.45) is 0. The average molecular weight is 343 g/mol. The maximum absolute atomic E-state index is 13.9. The van der Waals surface area contributed by atoms with Gasteiger partial charge in [-0.2, -0.15) is 0 Å². The monoisotopic (exact) mass is 343 g/mol. The van der Waals surface area contributed by atoms with Crippen LogP contribution in [0.15, 0.2) is 42.5 Å². The van der Waals surface area contributed by atoms with E-state index < -0.39 is 29.6 Å². The molecule has 0 fully saturated rings. The van der Waals surface area contributed by atoms with Crippen LogP contribution >= 0.6 is 0 Å². The Kier molecular flexibility index (Phi) is 4.02. The fourth-order valence-corrected chi connectivity index (χ4v) is 2.30. The molecule has 0 spiro atoms. The Morgan fingerprint density at radius 1 is 0.960 bits per heavy atom. The van der Waals surface area contributed by atoms with Crippen molar-refractivity contribution in [2.75, 3.05) is 7.11 Å². The molecule has 2 amide bonds. The van der Waals surface area contributed by atoms with E-state index in [-0.39, 0.29) is 22.3 Å². The van der Waals surface area contributed by atoms with Crippen LogP contribution in [0, 0.1) is 5.82 Å². The summed E-state index contributed by atoms with van der Waals surface area (Å²) in [5, 5.41) is 0.319. The standard InChI is InChI=1S/C17H10FNO6/c1-24-17(23)12-7-6-9(8-13(12)18)16(22)25-19-14(20)10-4-2-3-5-11(10)15(19)21/h2-8H,1H3. The minimum absolute atomic E-state index is 0.104. The molecule has 2 aromatic rings. The molecule has 0 N–H and O–H groups in total. The van der Waals surface area contributed by atoms with Crippen LogP contribution in [0.1, 0.15) is 41.4 Å². The van der Waals surface area contributed by atoms with E-state index in [1.54, 1.807) is 12.1 Å². The van der Waals surface area contributed by atoms with Gasteiger partial charge in [0.25, 0.3) is 11.8 Å². The molecule has 7 nitrogen and oxygen atoms in total. The predicted octanol–water partition coefficient (Wildman–Crippen LogP) is 1.98. The maximum Gasteiger partial charge on any atom is 0.364 e. The lowest BCUT2D eigenvalue weighted by Gasteiger charge is -2.13. The van der Waals surface area contributed by atoms with E-state index in [0.29, 0.717) is 5.06 Å². The molecule has 0 unspecified atom stereocenters. The third-order valence-corrected chi connectivity index (χ3v) is 3.54. The van der Waals surface area contributed by atoms with Crippen LogP contribution in [0.3, 0.4) is 0 Å². The number of rotatable bonds is 3. The smallest absolute Gasteiger partial charge is 0.364 e. The first kappa shape index (κ1) is 16.3. The lowest BCUT2D eigenvalue weighted by atomic mass is 10.1. The molecule has 0 atom stereocenters. The molecule has 0 saturated heterocycles. The zero-order chi connectivity index (χ0) is 18.1. The number of ether oxygens (including phenoxy) is 1. The van der Waals surface area contributed by atoms with E-state index in [9.17, 15) is 23.6 Å². The number of hydrogen-bond donors (Lipinski definition) is 0. The third-order valence-electron chi connectivity index (χ3n) is 3.54. The van der Waals surface area contributed by atoms with E-state index in [0.717, 1.165) is 25.3 Å². The normalized spacial score (nSPS) is 12.8. The molecule has 126 valence electrons. The lowest BCUT2D eigenvalue weighted by Crippen LogP contribution is -2.32. The van der Waals surface area contributed by atoms with Crippen LogP contribution in [0.5, 0.6) is 0 Å². The molecule has 0 aromatic heterocycles. The van der Waals surface area contributed by atoms with Crippen molar-refractivity contribution in [3.63, 3.8) is 0 Å². The van der Waals surface area contributed by atoms with Gasteiger partial charge < -0.3 is 9.57 Å². The first-order chi connectivity index (χ1) is 11.9. The lowest BCUT2D eigenvalue weighted by molar-refractivity contribution is -0.0584. The van der Waals surface area contributed by atoms with Crippen LogP contribution in [0.4, 0.5) is 4.39 Å². The first-order valence-corrected chi connectivity index (χ1v) is 7.02. The van der Waals surface area contributed by atoms with Crippen molar-refractivity contribution in [2.24, 2.45) is 0 Å². The summed E-state index contributed by atoms with van der Waals surface area (Å²) in [6, 6.07) is 8.90. The van der Waals surface area contributed by atoms with E-state index in [4.69, 9.17) is 4.84 Å². The number of hydrogen-bond acceptors (Lipinski definition) is 6. The first-order valence-electron chi connectivity index (χ1n) is 7.02. The van der Waals surface area contributed by atoms with Crippen LogP contribution in [-0.2, 0) is 9.57 Å². The summed E-state index contributed by atoms with van der Waals surface area (Å²) >= 11 is 0. The van der Waals surface area contributed by atoms with E-state index in [1.165, 1.54) is 12.1 Å². The van der Waals surface area contributed by atoms with Crippen molar-refractivity contribution in [2.45, 2.75) is 0 Å². The second-order valence-corrected chi connectivity index (χ2v) is 5.02. The Labute approximate surface area is 140 Å². The van der Waals surface area contributed by atoms with Crippen LogP contribution in [0.25, 0.3) is 0 Å². The van der Waals surface area contributed by atoms with Crippen molar-refractivity contribution in [3.05, 3.63) is 70.5 Å². The second-order valence-electron chi connectivity index (χ2n) is 5.02. The molecular formula is C17H10FNO6. The van der Waals surface area contributed by atoms with Gasteiger partial charge in [0.05, 0.1) is 29.4 Å². The van der Waals surface area contributed by atoms with E-state index in [2.05, 4.69) is 4.74 Å². The quantitative estimate of drug-likeness (QED) is 0.625. The van der Waals surface area contributed by atoms with Gasteiger partial charge in [-0.1, -0.05) is 17.2 Å². The zero-order valence-electron chi connectivity index (χ0n) is 12.8. The Bertz CT molecular complexity index is 888. The fraction of sp³-hybridized carbons (Fsp3) is 0.0588. The predicted molar refractivity (Wildman–Crippen MR) is 80.1 cm³/mol. The Morgan fingerprint density at radius 3 is 2.08 bits per heavy atom. The summed E-state index contributed by atoms with van der Waals surface area (Å²) in [5.41, 5.74) is -0.429. The molecule has 8 heteroatoms. The number of esters is 1. The zero-order valence-corrected chi connectivity index (χ0v) is 12.8. The van der Waals surface area contributed by atoms with Gasteiger partial charge in [0.15, 0.2) is 0 Å². The van der Waals surface area contributed by atoms with E-state index >= 15 is 0 Å². The Balaban J connectivity index is 1.82. The number of fused-ring (bicyclic) bond motifs is 1. The molecule has 1 aliphatic rings. The second kappa shape index (κ2) is 6.16.